The molecule has 0 aliphatic heterocycles. The first-order chi connectivity index (χ1) is 14.5. The number of pyridine rings is 1. The highest BCUT2D eigenvalue weighted by Crippen LogP contribution is 2.30. The Morgan fingerprint density at radius 3 is 2.45 bits per heavy atom. The van der Waals surface area contributed by atoms with Gasteiger partial charge in [-0.1, -0.05) is 31.5 Å². The van der Waals surface area contributed by atoms with Gasteiger partial charge in [0.1, 0.15) is 5.82 Å². The van der Waals surface area contributed by atoms with Crippen molar-refractivity contribution in [3.05, 3.63) is 75.9 Å². The van der Waals surface area contributed by atoms with Crippen molar-refractivity contribution in [1.29, 1.82) is 0 Å². The predicted octanol–water partition coefficient (Wildman–Crippen LogP) is 5.47. The number of aromatic nitrogens is 3. The number of amides is 1. The Morgan fingerprint density at radius 2 is 1.90 bits per heavy atom. The summed E-state index contributed by atoms with van der Waals surface area (Å²) in [6.07, 6.45) is -2.46. The van der Waals surface area contributed by atoms with Crippen LogP contribution in [0.5, 0.6) is 0 Å². The fourth-order valence-electron chi connectivity index (χ4n) is 3.14. The van der Waals surface area contributed by atoms with Crippen LogP contribution in [0.15, 0.2) is 42.7 Å². The fraction of sp³-hybridized carbons (Fsp3) is 0.286. The van der Waals surface area contributed by atoms with Crippen LogP contribution < -0.4 is 0 Å². The van der Waals surface area contributed by atoms with Crippen molar-refractivity contribution in [3.8, 4) is 5.82 Å². The molecule has 2 heterocycles. The molecule has 10 heteroatoms. The number of benzene rings is 1. The molecule has 0 spiro atoms. The molecular weight excluding hydrogens is 436 g/mol. The molecular formula is C21H19ClF4N4O. The molecule has 0 fully saturated rings. The molecule has 3 rings (SSSR count). The van der Waals surface area contributed by atoms with Crippen molar-refractivity contribution in [3.63, 3.8) is 0 Å². The lowest BCUT2D eigenvalue weighted by Crippen LogP contribution is -2.28. The molecule has 0 aliphatic rings. The monoisotopic (exact) mass is 454 g/mol. The zero-order valence-corrected chi connectivity index (χ0v) is 17.7. The number of nitrogens with zero attached hydrogens (tertiary/aromatic N) is 4. The topological polar surface area (TPSA) is 51.0 Å². The van der Waals surface area contributed by atoms with Crippen LogP contribution >= 0.6 is 11.6 Å². The SMILES string of the molecule is CC(C)c1c(C(=O)N(C)Cc2c(F)cccc2Cl)cnn1-c1ccc(C(F)(F)F)cn1. The number of carbonyl (C=O) groups excluding carboxylic acids is 1. The van der Waals surface area contributed by atoms with Gasteiger partial charge in [0.2, 0.25) is 0 Å². The van der Waals surface area contributed by atoms with Gasteiger partial charge in [0.15, 0.2) is 5.82 Å². The van der Waals surface area contributed by atoms with Gasteiger partial charge in [-0.05, 0) is 30.2 Å². The molecule has 1 aromatic carbocycles. The Labute approximate surface area is 181 Å². The summed E-state index contributed by atoms with van der Waals surface area (Å²) in [6, 6.07) is 6.36. The van der Waals surface area contributed by atoms with Crippen molar-refractivity contribution in [2.24, 2.45) is 0 Å². The van der Waals surface area contributed by atoms with Crippen LogP contribution in [0, 0.1) is 5.82 Å². The van der Waals surface area contributed by atoms with E-state index >= 15 is 0 Å². The molecule has 0 aliphatic carbocycles. The highest BCUT2D eigenvalue weighted by molar-refractivity contribution is 6.31. The largest absolute Gasteiger partial charge is 0.417 e. The molecule has 3 aromatic rings. The van der Waals surface area contributed by atoms with Crippen molar-refractivity contribution in [1.82, 2.24) is 19.7 Å². The van der Waals surface area contributed by atoms with Crippen LogP contribution in [-0.4, -0.2) is 32.6 Å². The lowest BCUT2D eigenvalue weighted by Gasteiger charge is -2.20. The van der Waals surface area contributed by atoms with E-state index in [1.54, 1.807) is 0 Å². The molecule has 0 saturated heterocycles. The number of rotatable bonds is 5. The van der Waals surface area contributed by atoms with E-state index in [-0.39, 0.29) is 34.4 Å². The zero-order chi connectivity index (χ0) is 22.9. The quantitative estimate of drug-likeness (QED) is 0.480. The molecule has 2 aromatic heterocycles. The second-order valence-corrected chi connectivity index (χ2v) is 7.68. The molecule has 0 saturated carbocycles. The lowest BCUT2D eigenvalue weighted by molar-refractivity contribution is -0.137. The van der Waals surface area contributed by atoms with Gasteiger partial charge in [0.05, 0.1) is 23.0 Å². The Bertz CT molecular complexity index is 1070. The Morgan fingerprint density at radius 1 is 1.19 bits per heavy atom. The highest BCUT2D eigenvalue weighted by Gasteiger charge is 2.31. The normalized spacial score (nSPS) is 11.8. The van der Waals surface area contributed by atoms with E-state index in [1.807, 2.05) is 13.8 Å². The summed E-state index contributed by atoms with van der Waals surface area (Å²) in [4.78, 5) is 18.2. The van der Waals surface area contributed by atoms with Crippen LogP contribution in [0.1, 0.15) is 46.9 Å². The van der Waals surface area contributed by atoms with E-state index in [1.165, 1.54) is 47.1 Å². The van der Waals surface area contributed by atoms with Gasteiger partial charge in [0, 0.05) is 30.4 Å². The van der Waals surface area contributed by atoms with Crippen molar-refractivity contribution in [2.75, 3.05) is 7.05 Å². The summed E-state index contributed by atoms with van der Waals surface area (Å²) in [5.41, 5.74) is 0.0191. The number of alkyl halides is 3. The molecule has 0 atom stereocenters. The van der Waals surface area contributed by atoms with Crippen LogP contribution in [-0.2, 0) is 12.7 Å². The summed E-state index contributed by atoms with van der Waals surface area (Å²) < 4.78 is 53.9. The van der Waals surface area contributed by atoms with Gasteiger partial charge in [-0.15, -0.1) is 0 Å². The molecule has 164 valence electrons. The average molecular weight is 455 g/mol. The molecule has 0 bridgehead atoms. The van der Waals surface area contributed by atoms with E-state index in [0.29, 0.717) is 5.69 Å². The third kappa shape index (κ3) is 4.71. The van der Waals surface area contributed by atoms with E-state index in [4.69, 9.17) is 11.6 Å². The van der Waals surface area contributed by atoms with Gasteiger partial charge in [-0.25, -0.2) is 14.1 Å². The Hall–Kier alpha value is -2.94. The Kier molecular flexibility index (Phi) is 6.35. The summed E-state index contributed by atoms with van der Waals surface area (Å²) in [5.74, 6) is -1.01. The third-order valence-corrected chi connectivity index (χ3v) is 5.03. The van der Waals surface area contributed by atoms with Crippen LogP contribution in [0.3, 0.4) is 0 Å². The zero-order valence-electron chi connectivity index (χ0n) is 16.9. The third-order valence-electron chi connectivity index (χ3n) is 4.68. The first-order valence-electron chi connectivity index (χ1n) is 9.30. The van der Waals surface area contributed by atoms with E-state index in [0.717, 1.165) is 12.3 Å². The first kappa shape index (κ1) is 22.7. The minimum atomic E-state index is -4.51. The number of halogens is 5. The standard InChI is InChI=1S/C21H19ClF4N4O/c1-12(2)19-14(20(31)29(3)11-15-16(22)5-4-6-17(15)23)10-28-30(19)18-8-7-13(9-27-18)21(24,25)26/h4-10,12H,11H2,1-3H3. The maximum absolute atomic E-state index is 14.1. The lowest BCUT2D eigenvalue weighted by atomic mass is 10.0. The molecule has 5 nitrogen and oxygen atoms in total. The van der Waals surface area contributed by atoms with Gasteiger partial charge in [-0.2, -0.15) is 18.3 Å². The second kappa shape index (κ2) is 8.66. The van der Waals surface area contributed by atoms with Gasteiger partial charge < -0.3 is 4.90 Å². The summed E-state index contributed by atoms with van der Waals surface area (Å²) in [7, 11) is 1.50. The van der Waals surface area contributed by atoms with Crippen molar-refractivity contribution in [2.45, 2.75) is 32.5 Å². The average Bonchev–Trinajstić information content (AvgIpc) is 3.15. The fourth-order valence-corrected chi connectivity index (χ4v) is 3.36. The van der Waals surface area contributed by atoms with E-state index in [9.17, 15) is 22.4 Å². The minimum absolute atomic E-state index is 0.0639. The van der Waals surface area contributed by atoms with E-state index in [2.05, 4.69) is 10.1 Å². The van der Waals surface area contributed by atoms with Gasteiger partial charge in [0.25, 0.3) is 5.91 Å². The van der Waals surface area contributed by atoms with Crippen molar-refractivity contribution >= 4 is 17.5 Å². The molecule has 0 N–H and O–H groups in total. The number of hydrogen-bond donors (Lipinski definition) is 0. The predicted molar refractivity (Wildman–Crippen MR) is 108 cm³/mol. The highest BCUT2D eigenvalue weighted by atomic mass is 35.5. The summed E-state index contributed by atoms with van der Waals surface area (Å²) in [6.45, 7) is 3.58. The molecule has 1 amide bonds. The Balaban J connectivity index is 1.94. The maximum Gasteiger partial charge on any atom is 0.417 e. The minimum Gasteiger partial charge on any atom is -0.337 e. The smallest absolute Gasteiger partial charge is 0.337 e. The maximum atomic E-state index is 14.1. The van der Waals surface area contributed by atoms with Crippen LogP contribution in [0.4, 0.5) is 17.6 Å². The molecule has 0 unspecified atom stereocenters. The van der Waals surface area contributed by atoms with Crippen LogP contribution in [0.2, 0.25) is 5.02 Å². The summed E-state index contributed by atoms with van der Waals surface area (Å²) >= 11 is 6.05. The second-order valence-electron chi connectivity index (χ2n) is 7.27. The molecule has 0 radical (unpaired) electrons. The van der Waals surface area contributed by atoms with Crippen molar-refractivity contribution < 1.29 is 22.4 Å². The molecule has 31 heavy (non-hydrogen) atoms. The summed E-state index contributed by atoms with van der Waals surface area (Å²) in [5, 5.41) is 4.37. The van der Waals surface area contributed by atoms with E-state index < -0.39 is 23.5 Å². The number of hydrogen-bond acceptors (Lipinski definition) is 3. The van der Waals surface area contributed by atoms with Gasteiger partial charge in [-0.3, -0.25) is 4.79 Å². The number of carbonyl (C=O) groups is 1. The van der Waals surface area contributed by atoms with Gasteiger partial charge >= 0.3 is 6.18 Å². The first-order valence-corrected chi connectivity index (χ1v) is 9.68. The van der Waals surface area contributed by atoms with Crippen LogP contribution in [0.25, 0.3) is 5.82 Å².